The minimum atomic E-state index is 0.252. The molecule has 0 aromatic carbocycles. The van der Waals surface area contributed by atoms with E-state index >= 15 is 0 Å². The average Bonchev–Trinajstić information content (AvgIpc) is 2.16. The first kappa shape index (κ1) is 10.8. The predicted molar refractivity (Wildman–Crippen MR) is 62.0 cm³/mol. The van der Waals surface area contributed by atoms with Gasteiger partial charge in [-0.2, -0.15) is 0 Å². The number of morpholine rings is 1. The lowest BCUT2D eigenvalue weighted by Gasteiger charge is -2.35. The molecule has 0 N–H and O–H groups in total. The van der Waals surface area contributed by atoms with Crippen LogP contribution in [0.2, 0.25) is 0 Å². The van der Waals surface area contributed by atoms with Gasteiger partial charge in [-0.1, -0.05) is 0 Å². The number of hydrogen-bond donors (Lipinski definition) is 0. The number of ether oxygens (including phenoxy) is 1. The lowest BCUT2D eigenvalue weighted by atomic mass is 10.2. The molecule has 0 saturated carbocycles. The quantitative estimate of drug-likeness (QED) is 0.731. The van der Waals surface area contributed by atoms with Crippen molar-refractivity contribution < 1.29 is 4.74 Å². The normalized spacial score (nSPS) is 26.7. The summed E-state index contributed by atoms with van der Waals surface area (Å²) in [5.41, 5.74) is 0. The van der Waals surface area contributed by atoms with Crippen molar-refractivity contribution in [2.24, 2.45) is 0 Å². The second kappa shape index (κ2) is 4.45. The van der Waals surface area contributed by atoms with E-state index in [0.29, 0.717) is 0 Å². The average molecular weight is 272 g/mol. The van der Waals surface area contributed by atoms with Crippen molar-refractivity contribution in [3.05, 3.63) is 17.0 Å². The van der Waals surface area contributed by atoms with Gasteiger partial charge in [0.1, 0.15) is 16.7 Å². The molecule has 1 fully saturated rings. The summed E-state index contributed by atoms with van der Waals surface area (Å²) < 4.78 is 6.49. The second-order valence-corrected chi connectivity index (χ2v) is 4.67. The Morgan fingerprint density at radius 3 is 2.60 bits per heavy atom. The van der Waals surface area contributed by atoms with Crippen LogP contribution in [0.4, 0.5) is 5.82 Å². The monoisotopic (exact) mass is 271 g/mol. The van der Waals surface area contributed by atoms with Crippen LogP contribution in [0, 0.1) is 0 Å². The first-order valence-corrected chi connectivity index (χ1v) is 5.82. The Morgan fingerprint density at radius 2 is 2.00 bits per heavy atom. The van der Waals surface area contributed by atoms with Crippen molar-refractivity contribution in [3.8, 4) is 0 Å². The maximum atomic E-state index is 5.67. The fourth-order valence-electron chi connectivity index (χ4n) is 1.86. The number of aromatic nitrogens is 2. The highest BCUT2D eigenvalue weighted by atomic mass is 79.9. The van der Waals surface area contributed by atoms with Crippen LogP contribution < -0.4 is 4.90 Å². The molecule has 0 radical (unpaired) electrons. The second-order valence-electron chi connectivity index (χ2n) is 3.86. The summed E-state index contributed by atoms with van der Waals surface area (Å²) in [5, 5.41) is 0. The molecule has 2 heterocycles. The highest BCUT2D eigenvalue weighted by molar-refractivity contribution is 9.10. The van der Waals surface area contributed by atoms with Gasteiger partial charge in [-0.25, -0.2) is 9.97 Å². The van der Waals surface area contributed by atoms with Gasteiger partial charge >= 0.3 is 0 Å². The summed E-state index contributed by atoms with van der Waals surface area (Å²) in [5.74, 6) is 0.957. The highest BCUT2D eigenvalue weighted by Crippen LogP contribution is 2.19. The lowest BCUT2D eigenvalue weighted by Crippen LogP contribution is -2.45. The van der Waals surface area contributed by atoms with Crippen molar-refractivity contribution in [2.75, 3.05) is 18.0 Å². The molecule has 82 valence electrons. The third-order valence-electron chi connectivity index (χ3n) is 2.36. The molecule has 1 aliphatic heterocycles. The molecule has 1 aliphatic rings. The van der Waals surface area contributed by atoms with Crippen LogP contribution in [0.3, 0.4) is 0 Å². The van der Waals surface area contributed by atoms with E-state index < -0.39 is 0 Å². The highest BCUT2D eigenvalue weighted by Gasteiger charge is 2.23. The summed E-state index contributed by atoms with van der Waals surface area (Å²) in [4.78, 5) is 10.5. The largest absolute Gasteiger partial charge is 0.372 e. The van der Waals surface area contributed by atoms with Crippen LogP contribution in [0.25, 0.3) is 0 Å². The Balaban J connectivity index is 2.16. The van der Waals surface area contributed by atoms with E-state index in [1.807, 2.05) is 6.07 Å². The van der Waals surface area contributed by atoms with Crippen LogP contribution in [0.1, 0.15) is 13.8 Å². The molecule has 4 nitrogen and oxygen atoms in total. The van der Waals surface area contributed by atoms with Gasteiger partial charge in [0.15, 0.2) is 0 Å². The Labute approximate surface area is 97.8 Å². The maximum absolute atomic E-state index is 5.67. The first-order chi connectivity index (χ1) is 7.15. The fourth-order valence-corrected chi connectivity index (χ4v) is 2.16. The zero-order valence-corrected chi connectivity index (χ0v) is 10.4. The van der Waals surface area contributed by atoms with Crippen molar-refractivity contribution in [1.82, 2.24) is 9.97 Å². The van der Waals surface area contributed by atoms with E-state index in [-0.39, 0.29) is 12.2 Å². The van der Waals surface area contributed by atoms with Crippen molar-refractivity contribution in [2.45, 2.75) is 26.1 Å². The molecule has 1 aromatic rings. The molecule has 0 spiro atoms. The van der Waals surface area contributed by atoms with Crippen LogP contribution in [0.5, 0.6) is 0 Å². The Hall–Kier alpha value is -0.680. The minimum Gasteiger partial charge on any atom is -0.372 e. The molecular formula is C10H14BrN3O. The van der Waals surface area contributed by atoms with Gasteiger partial charge in [-0.05, 0) is 29.8 Å². The molecule has 0 amide bonds. The SMILES string of the molecule is CC1CN(c2cc(Br)ncn2)CC(C)O1. The molecule has 2 unspecified atom stereocenters. The Kier molecular flexibility index (Phi) is 3.21. The fraction of sp³-hybridized carbons (Fsp3) is 0.600. The summed E-state index contributed by atoms with van der Waals surface area (Å²) in [6.45, 7) is 5.93. The number of hydrogen-bond acceptors (Lipinski definition) is 4. The molecule has 0 bridgehead atoms. The zero-order chi connectivity index (χ0) is 10.8. The predicted octanol–water partition coefficient (Wildman–Crippen LogP) is 1.85. The topological polar surface area (TPSA) is 38.2 Å². The molecule has 2 atom stereocenters. The number of halogens is 1. The molecule has 0 aliphatic carbocycles. The van der Waals surface area contributed by atoms with E-state index in [2.05, 4.69) is 44.6 Å². The number of nitrogens with zero attached hydrogens (tertiary/aromatic N) is 3. The number of rotatable bonds is 1. The van der Waals surface area contributed by atoms with E-state index in [9.17, 15) is 0 Å². The first-order valence-electron chi connectivity index (χ1n) is 5.03. The van der Waals surface area contributed by atoms with Crippen LogP contribution in [-0.2, 0) is 4.74 Å². The smallest absolute Gasteiger partial charge is 0.133 e. The third-order valence-corrected chi connectivity index (χ3v) is 2.80. The van der Waals surface area contributed by atoms with Gasteiger partial charge in [0.05, 0.1) is 12.2 Å². The van der Waals surface area contributed by atoms with Gasteiger partial charge < -0.3 is 9.64 Å². The zero-order valence-electron chi connectivity index (χ0n) is 8.85. The summed E-state index contributed by atoms with van der Waals surface area (Å²) in [6, 6.07) is 1.94. The van der Waals surface area contributed by atoms with Crippen molar-refractivity contribution in [1.29, 1.82) is 0 Å². The standard InChI is InChI=1S/C10H14BrN3O/c1-7-4-14(5-8(2)15-7)10-3-9(11)12-6-13-10/h3,6-8H,4-5H2,1-2H3. The van der Waals surface area contributed by atoms with Crippen LogP contribution >= 0.6 is 15.9 Å². The Morgan fingerprint density at radius 1 is 1.33 bits per heavy atom. The van der Waals surface area contributed by atoms with Gasteiger partial charge in [0.25, 0.3) is 0 Å². The van der Waals surface area contributed by atoms with E-state index in [1.165, 1.54) is 0 Å². The molecule has 1 saturated heterocycles. The van der Waals surface area contributed by atoms with Crippen LogP contribution in [-0.4, -0.2) is 35.3 Å². The van der Waals surface area contributed by atoms with Gasteiger partial charge in [-0.15, -0.1) is 0 Å². The van der Waals surface area contributed by atoms with Gasteiger partial charge in [0.2, 0.25) is 0 Å². The van der Waals surface area contributed by atoms with Crippen molar-refractivity contribution >= 4 is 21.7 Å². The molecular weight excluding hydrogens is 258 g/mol. The Bertz CT molecular complexity index is 337. The van der Waals surface area contributed by atoms with E-state index in [0.717, 1.165) is 23.5 Å². The molecule has 2 rings (SSSR count). The van der Waals surface area contributed by atoms with E-state index in [1.54, 1.807) is 6.33 Å². The van der Waals surface area contributed by atoms with Crippen molar-refractivity contribution in [3.63, 3.8) is 0 Å². The molecule has 1 aromatic heterocycles. The summed E-state index contributed by atoms with van der Waals surface area (Å²) in [6.07, 6.45) is 2.08. The van der Waals surface area contributed by atoms with Gasteiger partial charge in [0, 0.05) is 19.2 Å². The molecule has 15 heavy (non-hydrogen) atoms. The van der Waals surface area contributed by atoms with E-state index in [4.69, 9.17) is 4.74 Å². The van der Waals surface area contributed by atoms with Gasteiger partial charge in [-0.3, -0.25) is 0 Å². The van der Waals surface area contributed by atoms with Crippen LogP contribution in [0.15, 0.2) is 17.0 Å². The maximum Gasteiger partial charge on any atom is 0.133 e. The summed E-state index contributed by atoms with van der Waals surface area (Å²) in [7, 11) is 0. The summed E-state index contributed by atoms with van der Waals surface area (Å²) >= 11 is 3.35. The lowest BCUT2D eigenvalue weighted by molar-refractivity contribution is -0.00547. The molecule has 5 heteroatoms. The third kappa shape index (κ3) is 2.66. The number of anilines is 1. The minimum absolute atomic E-state index is 0.252.